The normalized spacial score (nSPS) is 13.6. The summed E-state index contributed by atoms with van der Waals surface area (Å²) in [6.45, 7) is 0.950. The average molecular weight is 646 g/mol. The predicted octanol–water partition coefficient (Wildman–Crippen LogP) is 12.2. The zero-order chi connectivity index (χ0) is 33.3. The van der Waals surface area contributed by atoms with Crippen LogP contribution in [0.25, 0.3) is 61.2 Å². The molecule has 0 fully saturated rings. The molecule has 0 bridgehead atoms. The van der Waals surface area contributed by atoms with Crippen LogP contribution in [0.1, 0.15) is 18.9 Å². The molecular weight excluding hydrogens is 619 g/mol. The molecule has 0 aliphatic rings. The third-order valence-electron chi connectivity index (χ3n) is 7.84. The highest BCUT2D eigenvalue weighted by atomic mass is 19.4. The summed E-state index contributed by atoms with van der Waals surface area (Å²) in [7, 11) is 0. The van der Waals surface area contributed by atoms with Crippen LogP contribution in [0, 0.1) is 11.7 Å². The molecule has 1 unspecified atom stereocenters. The molecule has 0 radical (unpaired) electrons. The summed E-state index contributed by atoms with van der Waals surface area (Å²) < 4.78 is 97.0. The summed E-state index contributed by atoms with van der Waals surface area (Å²) in [6, 6.07) is 30.6. The molecule has 47 heavy (non-hydrogen) atoms. The van der Waals surface area contributed by atoms with Crippen LogP contribution in [0.4, 0.5) is 30.7 Å². The van der Waals surface area contributed by atoms with Crippen molar-refractivity contribution in [2.45, 2.75) is 25.7 Å². The molecule has 0 saturated carbocycles. The first-order chi connectivity index (χ1) is 22.3. The first-order valence-corrected chi connectivity index (χ1v) is 14.7. The summed E-state index contributed by atoms with van der Waals surface area (Å²) >= 11 is 0. The number of allylic oxidation sites excluding steroid dienone is 4. The van der Waals surface area contributed by atoms with Crippen LogP contribution in [0.5, 0.6) is 0 Å². The van der Waals surface area contributed by atoms with Crippen molar-refractivity contribution in [1.29, 1.82) is 0 Å². The highest BCUT2D eigenvalue weighted by Crippen LogP contribution is 2.33. The zero-order valence-corrected chi connectivity index (χ0v) is 24.8. The molecule has 238 valence electrons. The molecule has 0 aliphatic carbocycles. The van der Waals surface area contributed by atoms with E-state index in [1.54, 1.807) is 30.3 Å². The molecule has 0 N–H and O–H groups in total. The fourth-order valence-corrected chi connectivity index (χ4v) is 5.15. The van der Waals surface area contributed by atoms with Gasteiger partial charge in [-0.25, -0.2) is 9.37 Å². The maximum atomic E-state index is 13.5. The van der Waals surface area contributed by atoms with Gasteiger partial charge in [-0.05, 0) is 80.6 Å². The maximum Gasteiger partial charge on any atom is 0.394 e. The van der Waals surface area contributed by atoms with E-state index in [9.17, 15) is 30.7 Å². The van der Waals surface area contributed by atoms with Gasteiger partial charge in [-0.2, -0.15) is 26.3 Å². The van der Waals surface area contributed by atoms with Gasteiger partial charge < -0.3 is 4.42 Å². The second kappa shape index (κ2) is 12.5. The lowest BCUT2D eigenvalue weighted by Crippen LogP contribution is -2.17. The third-order valence-corrected chi connectivity index (χ3v) is 7.84. The minimum Gasteiger partial charge on any atom is -0.436 e. The second-order valence-corrected chi connectivity index (χ2v) is 11.2. The number of fused-ring (bicyclic) bond motifs is 2. The van der Waals surface area contributed by atoms with E-state index in [-0.39, 0.29) is 5.57 Å². The van der Waals surface area contributed by atoms with Crippen LogP contribution in [0.15, 0.2) is 126 Å². The standard InChI is InChI=1S/C38H26F7NO/c1-23(38(43,44)45)2-3-27(18-19-37(40,41)42)24-4-6-25(7-5-24)29-12-14-32-21-30(13-15-31(32)20-29)26-8-10-28(11-9-26)36-46-34-17-16-33(39)22-35(34)47-36/h2-18,20-23H,19H2,1H3/b3-2?,27-18+. The number of rotatable bonds is 7. The maximum absolute atomic E-state index is 13.5. The Kier molecular flexibility index (Phi) is 8.49. The van der Waals surface area contributed by atoms with Crippen LogP contribution in [0.3, 0.4) is 0 Å². The first-order valence-electron chi connectivity index (χ1n) is 14.7. The fourth-order valence-electron chi connectivity index (χ4n) is 5.15. The molecule has 1 heterocycles. The molecule has 6 aromatic rings. The molecular formula is C38H26F7NO. The van der Waals surface area contributed by atoms with E-state index >= 15 is 0 Å². The summed E-state index contributed by atoms with van der Waals surface area (Å²) in [5.74, 6) is -1.80. The topological polar surface area (TPSA) is 26.0 Å². The Morgan fingerprint density at radius 3 is 1.83 bits per heavy atom. The number of nitrogens with zero attached hydrogens (tertiary/aromatic N) is 1. The van der Waals surface area contributed by atoms with E-state index in [1.165, 1.54) is 12.1 Å². The Hall–Kier alpha value is -5.18. The fraction of sp³-hybridized carbons (Fsp3) is 0.132. The Morgan fingerprint density at radius 2 is 1.26 bits per heavy atom. The van der Waals surface area contributed by atoms with Crippen LogP contribution < -0.4 is 0 Å². The van der Waals surface area contributed by atoms with E-state index in [4.69, 9.17) is 4.42 Å². The zero-order valence-electron chi connectivity index (χ0n) is 24.8. The van der Waals surface area contributed by atoms with Crippen molar-refractivity contribution in [3.63, 3.8) is 0 Å². The first kappa shape index (κ1) is 31.8. The molecule has 2 nitrogen and oxygen atoms in total. The van der Waals surface area contributed by atoms with Crippen molar-refractivity contribution >= 4 is 27.4 Å². The van der Waals surface area contributed by atoms with E-state index in [2.05, 4.69) is 11.1 Å². The van der Waals surface area contributed by atoms with Crippen molar-refractivity contribution < 1.29 is 35.2 Å². The average Bonchev–Trinajstić information content (AvgIpc) is 3.47. The van der Waals surface area contributed by atoms with Crippen molar-refractivity contribution in [3.8, 4) is 33.7 Å². The number of benzene rings is 5. The van der Waals surface area contributed by atoms with Crippen molar-refractivity contribution in [2.24, 2.45) is 5.92 Å². The molecule has 1 atom stereocenters. The largest absolute Gasteiger partial charge is 0.436 e. The summed E-state index contributed by atoms with van der Waals surface area (Å²) in [4.78, 5) is 4.44. The van der Waals surface area contributed by atoms with Gasteiger partial charge in [0.1, 0.15) is 11.3 Å². The van der Waals surface area contributed by atoms with E-state index in [1.807, 2.05) is 54.6 Å². The SMILES string of the molecule is CC(C=C/C(=C\CC(F)(F)F)c1ccc(-c2ccc3cc(-c4ccc(-c5nc6ccc(F)cc6o5)cc4)ccc3c2)cc1)C(F)(F)F. The molecule has 0 amide bonds. The monoisotopic (exact) mass is 645 g/mol. The number of alkyl halides is 6. The van der Waals surface area contributed by atoms with Crippen LogP contribution in [-0.2, 0) is 0 Å². The molecule has 1 aromatic heterocycles. The Balaban J connectivity index is 1.21. The van der Waals surface area contributed by atoms with Crippen LogP contribution in [0.2, 0.25) is 0 Å². The predicted molar refractivity (Wildman–Crippen MR) is 171 cm³/mol. The van der Waals surface area contributed by atoms with Gasteiger partial charge in [0.05, 0.1) is 12.3 Å². The smallest absolute Gasteiger partial charge is 0.394 e. The molecule has 0 spiro atoms. The lowest BCUT2D eigenvalue weighted by atomic mass is 9.95. The highest BCUT2D eigenvalue weighted by molar-refractivity contribution is 5.91. The number of hydrogen-bond acceptors (Lipinski definition) is 2. The van der Waals surface area contributed by atoms with E-state index in [0.717, 1.165) is 63.7 Å². The van der Waals surface area contributed by atoms with Gasteiger partial charge in [-0.1, -0.05) is 85.8 Å². The van der Waals surface area contributed by atoms with E-state index in [0.29, 0.717) is 22.6 Å². The second-order valence-electron chi connectivity index (χ2n) is 11.2. The summed E-state index contributed by atoms with van der Waals surface area (Å²) in [6.07, 6.45) is -7.38. The van der Waals surface area contributed by atoms with Crippen molar-refractivity contribution in [3.05, 3.63) is 133 Å². The van der Waals surface area contributed by atoms with Gasteiger partial charge >= 0.3 is 12.4 Å². The van der Waals surface area contributed by atoms with Gasteiger partial charge in [0.15, 0.2) is 5.58 Å². The molecule has 9 heteroatoms. The molecule has 0 saturated heterocycles. The third kappa shape index (κ3) is 7.46. The Labute approximate surface area is 265 Å². The van der Waals surface area contributed by atoms with Crippen molar-refractivity contribution in [1.82, 2.24) is 4.98 Å². The lowest BCUT2D eigenvalue weighted by Gasteiger charge is -2.12. The highest BCUT2D eigenvalue weighted by Gasteiger charge is 2.34. The molecule has 6 rings (SSSR count). The van der Waals surface area contributed by atoms with Gasteiger partial charge in [-0.3, -0.25) is 0 Å². The van der Waals surface area contributed by atoms with Crippen molar-refractivity contribution in [2.75, 3.05) is 0 Å². The van der Waals surface area contributed by atoms with Gasteiger partial charge in [0.2, 0.25) is 5.89 Å². The number of hydrogen-bond donors (Lipinski definition) is 0. The molecule has 5 aromatic carbocycles. The summed E-state index contributed by atoms with van der Waals surface area (Å²) in [5, 5.41) is 1.97. The minimum atomic E-state index is -4.49. The van der Waals surface area contributed by atoms with E-state index < -0.39 is 30.5 Å². The number of oxazole rings is 1. The molecule has 0 aliphatic heterocycles. The van der Waals surface area contributed by atoms with Gasteiger partial charge in [-0.15, -0.1) is 0 Å². The summed E-state index contributed by atoms with van der Waals surface area (Å²) in [5.41, 5.74) is 5.81. The van der Waals surface area contributed by atoms with Gasteiger partial charge in [0.25, 0.3) is 0 Å². The van der Waals surface area contributed by atoms with Gasteiger partial charge in [0, 0.05) is 11.6 Å². The van der Waals surface area contributed by atoms with Crippen LogP contribution in [-0.4, -0.2) is 17.3 Å². The Morgan fingerprint density at radius 1 is 0.702 bits per heavy atom. The quantitative estimate of drug-likeness (QED) is 0.128. The minimum absolute atomic E-state index is 0.0632. The number of aromatic nitrogens is 1. The Bertz CT molecular complexity index is 2100. The lowest BCUT2D eigenvalue weighted by molar-refractivity contribution is -0.156. The number of halogens is 7. The van der Waals surface area contributed by atoms with Crippen LogP contribution >= 0.6 is 0 Å².